The van der Waals surface area contributed by atoms with E-state index in [0.717, 1.165) is 11.1 Å². The molecule has 1 fully saturated rings. The third-order valence-corrected chi connectivity index (χ3v) is 2.76. The fourth-order valence-electron chi connectivity index (χ4n) is 1.90. The van der Waals surface area contributed by atoms with Crippen LogP contribution in [0, 0.1) is 11.3 Å². The zero-order chi connectivity index (χ0) is 11.7. The lowest BCUT2D eigenvalue weighted by atomic mass is 10.3. The van der Waals surface area contributed by atoms with E-state index in [0.29, 0.717) is 25.7 Å². The van der Waals surface area contributed by atoms with Crippen molar-refractivity contribution in [2.75, 3.05) is 24.6 Å². The third kappa shape index (κ3) is 1.83. The number of ether oxygens (including phenoxy) is 1. The predicted octanol–water partition coefficient (Wildman–Crippen LogP) is 1.56. The maximum absolute atomic E-state index is 8.84. The van der Waals surface area contributed by atoms with Gasteiger partial charge in [-0.25, -0.2) is 0 Å². The summed E-state index contributed by atoms with van der Waals surface area (Å²) in [5.74, 6) is 0. The Hall–Kier alpha value is -2.06. The summed E-state index contributed by atoms with van der Waals surface area (Å²) >= 11 is 0. The number of hydrogen-bond donors (Lipinski definition) is 0. The van der Waals surface area contributed by atoms with Gasteiger partial charge >= 0.3 is 0 Å². The molecule has 3 rings (SSSR count). The van der Waals surface area contributed by atoms with Crippen molar-refractivity contribution >= 4 is 17.1 Å². The lowest BCUT2D eigenvalue weighted by molar-refractivity contribution is 0.0745. The van der Waals surface area contributed by atoms with Gasteiger partial charge in [0.1, 0.15) is 5.52 Å². The predicted molar refractivity (Wildman–Crippen MR) is 61.6 cm³/mol. The second-order valence-electron chi connectivity index (χ2n) is 3.90. The fraction of sp³-hybridized carbons (Fsp3) is 0.333. The summed E-state index contributed by atoms with van der Waals surface area (Å²) in [6.07, 6.45) is -0.404. The maximum Gasteiger partial charge on any atom is 0.298 e. The van der Waals surface area contributed by atoms with Gasteiger partial charge in [-0.3, -0.25) is 0 Å². The first-order valence-electron chi connectivity index (χ1n) is 5.48. The minimum atomic E-state index is -0.404. The van der Waals surface area contributed by atoms with Gasteiger partial charge in [-0.2, -0.15) is 10.2 Å². The molecule has 1 aliphatic heterocycles. The Bertz CT molecular complexity index is 539. The molecule has 17 heavy (non-hydrogen) atoms. The molecule has 2 heterocycles. The van der Waals surface area contributed by atoms with E-state index in [2.05, 4.69) is 11.1 Å². The normalized spacial score (nSPS) is 20.4. The number of para-hydroxylation sites is 2. The number of benzene rings is 1. The van der Waals surface area contributed by atoms with Crippen LogP contribution in [0.3, 0.4) is 0 Å². The van der Waals surface area contributed by atoms with Crippen LogP contribution in [0.1, 0.15) is 0 Å². The van der Waals surface area contributed by atoms with Crippen LogP contribution in [-0.2, 0) is 4.74 Å². The Kier molecular flexibility index (Phi) is 2.42. The molecule has 1 aromatic heterocycles. The zero-order valence-electron chi connectivity index (χ0n) is 9.17. The molecule has 0 bridgehead atoms. The number of nitriles is 1. The lowest BCUT2D eigenvalue weighted by Gasteiger charge is -2.28. The van der Waals surface area contributed by atoms with Crippen molar-refractivity contribution in [3.63, 3.8) is 0 Å². The number of anilines is 1. The molecule has 0 radical (unpaired) electrons. The highest BCUT2D eigenvalue weighted by molar-refractivity contribution is 5.74. The third-order valence-electron chi connectivity index (χ3n) is 2.76. The first kappa shape index (κ1) is 10.1. The van der Waals surface area contributed by atoms with Gasteiger partial charge in [-0.15, -0.1) is 0 Å². The van der Waals surface area contributed by atoms with Crippen LogP contribution >= 0.6 is 0 Å². The molecule has 0 unspecified atom stereocenters. The van der Waals surface area contributed by atoms with Crippen LogP contribution in [-0.4, -0.2) is 30.8 Å². The average molecular weight is 229 g/mol. The van der Waals surface area contributed by atoms with Crippen molar-refractivity contribution in [1.82, 2.24) is 4.98 Å². The van der Waals surface area contributed by atoms with Gasteiger partial charge in [0, 0.05) is 6.54 Å². The standard InChI is InChI=1S/C12H11N3O2/c13-7-9-8-15(5-6-16-9)12-14-10-3-1-2-4-11(10)17-12/h1-4,9H,5-6,8H2/t9-/m0/s1. The van der Waals surface area contributed by atoms with E-state index in [4.69, 9.17) is 14.4 Å². The molecule has 0 amide bonds. The first-order valence-corrected chi connectivity index (χ1v) is 5.48. The molecule has 2 aromatic rings. The lowest BCUT2D eigenvalue weighted by Crippen LogP contribution is -2.42. The molecule has 5 heteroatoms. The SMILES string of the molecule is N#C[C@H]1CN(c2nc3ccccc3o2)CCO1. The highest BCUT2D eigenvalue weighted by Crippen LogP contribution is 2.22. The molecule has 86 valence electrons. The van der Waals surface area contributed by atoms with Crippen LogP contribution in [0.25, 0.3) is 11.1 Å². The molecule has 1 atom stereocenters. The van der Waals surface area contributed by atoms with E-state index in [-0.39, 0.29) is 0 Å². The molecule has 0 spiro atoms. The van der Waals surface area contributed by atoms with Crippen molar-refractivity contribution in [2.24, 2.45) is 0 Å². The zero-order valence-corrected chi connectivity index (χ0v) is 9.17. The molecule has 1 aliphatic rings. The largest absolute Gasteiger partial charge is 0.423 e. The molecule has 1 aromatic carbocycles. The number of hydrogen-bond acceptors (Lipinski definition) is 5. The summed E-state index contributed by atoms with van der Waals surface area (Å²) in [6.45, 7) is 1.73. The summed E-state index contributed by atoms with van der Waals surface area (Å²) in [5, 5.41) is 8.84. The van der Waals surface area contributed by atoms with Gasteiger partial charge in [0.25, 0.3) is 6.01 Å². The van der Waals surface area contributed by atoms with Crippen molar-refractivity contribution in [1.29, 1.82) is 5.26 Å². The summed E-state index contributed by atoms with van der Waals surface area (Å²) in [6, 6.07) is 10.3. The number of fused-ring (bicyclic) bond motifs is 1. The fourth-order valence-corrected chi connectivity index (χ4v) is 1.90. The van der Waals surface area contributed by atoms with Crippen LogP contribution in [0.4, 0.5) is 6.01 Å². The van der Waals surface area contributed by atoms with Gasteiger partial charge < -0.3 is 14.1 Å². The van der Waals surface area contributed by atoms with Gasteiger partial charge in [0.05, 0.1) is 19.2 Å². The van der Waals surface area contributed by atoms with Crippen molar-refractivity contribution in [2.45, 2.75) is 6.10 Å². The second kappa shape index (κ2) is 4.07. The minimum absolute atomic E-state index is 0.404. The van der Waals surface area contributed by atoms with Crippen LogP contribution in [0.5, 0.6) is 0 Å². The smallest absolute Gasteiger partial charge is 0.298 e. The second-order valence-corrected chi connectivity index (χ2v) is 3.90. The van der Waals surface area contributed by atoms with Crippen LogP contribution < -0.4 is 4.90 Å². The monoisotopic (exact) mass is 229 g/mol. The quantitative estimate of drug-likeness (QED) is 0.742. The van der Waals surface area contributed by atoms with Crippen molar-refractivity contribution < 1.29 is 9.15 Å². The van der Waals surface area contributed by atoms with Crippen LogP contribution in [0.2, 0.25) is 0 Å². The number of rotatable bonds is 1. The van der Waals surface area contributed by atoms with E-state index in [1.54, 1.807) is 0 Å². The molecule has 0 saturated carbocycles. The summed E-state index contributed by atoms with van der Waals surface area (Å²) in [5.41, 5.74) is 1.60. The van der Waals surface area contributed by atoms with Gasteiger partial charge in [0.15, 0.2) is 11.7 Å². The molecule has 1 saturated heterocycles. The Morgan fingerprint density at radius 3 is 3.12 bits per heavy atom. The highest BCUT2D eigenvalue weighted by atomic mass is 16.5. The van der Waals surface area contributed by atoms with E-state index in [1.807, 2.05) is 29.2 Å². The van der Waals surface area contributed by atoms with Gasteiger partial charge in [0.2, 0.25) is 0 Å². The number of nitrogens with zero attached hydrogens (tertiary/aromatic N) is 3. The molecule has 5 nitrogen and oxygen atoms in total. The Morgan fingerprint density at radius 1 is 1.41 bits per heavy atom. The Morgan fingerprint density at radius 2 is 2.29 bits per heavy atom. The molecule has 0 N–H and O–H groups in total. The van der Waals surface area contributed by atoms with E-state index < -0.39 is 6.10 Å². The first-order chi connectivity index (χ1) is 8.36. The summed E-state index contributed by atoms with van der Waals surface area (Å²) in [4.78, 5) is 6.34. The highest BCUT2D eigenvalue weighted by Gasteiger charge is 2.23. The van der Waals surface area contributed by atoms with Gasteiger partial charge in [-0.1, -0.05) is 12.1 Å². The summed E-state index contributed by atoms with van der Waals surface area (Å²) in [7, 11) is 0. The maximum atomic E-state index is 8.84. The van der Waals surface area contributed by atoms with E-state index in [9.17, 15) is 0 Å². The van der Waals surface area contributed by atoms with Gasteiger partial charge in [-0.05, 0) is 12.1 Å². The Labute approximate surface area is 98.2 Å². The molecular weight excluding hydrogens is 218 g/mol. The summed E-state index contributed by atoms with van der Waals surface area (Å²) < 4.78 is 10.9. The topological polar surface area (TPSA) is 62.3 Å². The number of morpholine rings is 1. The minimum Gasteiger partial charge on any atom is -0.423 e. The average Bonchev–Trinajstić information content (AvgIpc) is 2.82. The number of oxazole rings is 1. The number of aromatic nitrogens is 1. The van der Waals surface area contributed by atoms with Crippen molar-refractivity contribution in [3.05, 3.63) is 24.3 Å². The molecule has 0 aliphatic carbocycles. The van der Waals surface area contributed by atoms with E-state index in [1.165, 1.54) is 0 Å². The Balaban J connectivity index is 1.90. The molecular formula is C12H11N3O2. The van der Waals surface area contributed by atoms with E-state index >= 15 is 0 Å². The van der Waals surface area contributed by atoms with Crippen LogP contribution in [0.15, 0.2) is 28.7 Å². The van der Waals surface area contributed by atoms with Crippen molar-refractivity contribution in [3.8, 4) is 6.07 Å².